The van der Waals surface area contributed by atoms with Gasteiger partial charge in [-0.15, -0.1) is 0 Å². The van der Waals surface area contributed by atoms with Crippen LogP contribution < -0.4 is 19.5 Å². The number of amides is 1. The van der Waals surface area contributed by atoms with Gasteiger partial charge in [-0.3, -0.25) is 14.9 Å². The van der Waals surface area contributed by atoms with E-state index in [-0.39, 0.29) is 35.9 Å². The van der Waals surface area contributed by atoms with Gasteiger partial charge in [0.05, 0.1) is 31.3 Å². The summed E-state index contributed by atoms with van der Waals surface area (Å²) in [5, 5.41) is 14.4. The second-order valence-corrected chi connectivity index (χ2v) is 7.92. The van der Waals surface area contributed by atoms with Crippen molar-refractivity contribution >= 4 is 11.6 Å². The van der Waals surface area contributed by atoms with Crippen LogP contribution in [0.3, 0.4) is 0 Å². The maximum absolute atomic E-state index is 12.8. The molecule has 0 saturated heterocycles. The van der Waals surface area contributed by atoms with E-state index in [1.807, 2.05) is 36.4 Å². The first-order valence-electron chi connectivity index (χ1n) is 11.1. The lowest BCUT2D eigenvalue weighted by Crippen LogP contribution is -2.24. The first kappa shape index (κ1) is 24.0. The van der Waals surface area contributed by atoms with Gasteiger partial charge in [-0.2, -0.15) is 0 Å². The fraction of sp³-hybridized carbons (Fsp3) is 0.269. The van der Waals surface area contributed by atoms with Gasteiger partial charge in [0.25, 0.3) is 11.6 Å². The molecule has 3 aromatic carbocycles. The monoisotopic (exact) mass is 478 g/mol. The molecule has 0 aliphatic carbocycles. The Balaban J connectivity index is 1.46. The Bertz CT molecular complexity index is 1230. The molecule has 0 spiro atoms. The molecule has 0 unspecified atom stereocenters. The Kier molecular flexibility index (Phi) is 7.47. The van der Waals surface area contributed by atoms with Crippen molar-refractivity contribution in [3.8, 4) is 28.4 Å². The molecule has 1 aliphatic heterocycles. The Hall–Kier alpha value is -4.11. The van der Waals surface area contributed by atoms with E-state index in [1.54, 1.807) is 0 Å². The molecule has 1 amide bonds. The van der Waals surface area contributed by atoms with Crippen molar-refractivity contribution in [1.29, 1.82) is 0 Å². The van der Waals surface area contributed by atoms with Gasteiger partial charge in [0.15, 0.2) is 11.5 Å². The van der Waals surface area contributed by atoms with Crippen LogP contribution in [-0.4, -0.2) is 44.9 Å². The van der Waals surface area contributed by atoms with Gasteiger partial charge < -0.3 is 24.3 Å². The number of nitro groups is 1. The van der Waals surface area contributed by atoms with Gasteiger partial charge in [0.1, 0.15) is 17.9 Å². The predicted octanol–water partition coefficient (Wildman–Crippen LogP) is 4.16. The number of nitrogens with one attached hydrogen (secondary N) is 1. The van der Waals surface area contributed by atoms with E-state index in [4.69, 9.17) is 18.9 Å². The van der Waals surface area contributed by atoms with Gasteiger partial charge in [-0.05, 0) is 34.4 Å². The number of rotatable bonds is 10. The third-order valence-electron chi connectivity index (χ3n) is 5.70. The molecule has 1 aliphatic rings. The zero-order chi connectivity index (χ0) is 24.8. The molecule has 182 valence electrons. The van der Waals surface area contributed by atoms with Crippen molar-refractivity contribution in [1.82, 2.24) is 5.32 Å². The summed E-state index contributed by atoms with van der Waals surface area (Å²) in [6.07, 6.45) is 0.907. The molecule has 9 nitrogen and oxygen atoms in total. The minimum atomic E-state index is -0.617. The zero-order valence-electron chi connectivity index (χ0n) is 19.5. The number of ether oxygens (including phenoxy) is 4. The topological polar surface area (TPSA) is 109 Å². The standard InChI is InChI=1S/C26H26N2O7/c1-32-11-12-35-25-15-22(28(30)31)21(14-24(25)33-2)26(29)27-16-17-3-5-18(6-4-17)19-7-8-23-20(13-19)9-10-34-23/h3-8,13-15H,9-12,16H2,1-2H3,(H,27,29). The highest BCUT2D eigenvalue weighted by molar-refractivity contribution is 5.99. The Morgan fingerprint density at radius 1 is 1.03 bits per heavy atom. The fourth-order valence-electron chi connectivity index (χ4n) is 3.85. The highest BCUT2D eigenvalue weighted by Gasteiger charge is 2.25. The molecule has 0 atom stereocenters. The van der Waals surface area contributed by atoms with E-state index < -0.39 is 10.8 Å². The number of methoxy groups -OCH3 is 2. The van der Waals surface area contributed by atoms with Gasteiger partial charge in [-0.25, -0.2) is 0 Å². The summed E-state index contributed by atoms with van der Waals surface area (Å²) in [6.45, 7) is 1.41. The van der Waals surface area contributed by atoms with Crippen molar-refractivity contribution in [2.45, 2.75) is 13.0 Å². The molecule has 1 N–H and O–H groups in total. The van der Waals surface area contributed by atoms with Crippen LogP contribution in [0.2, 0.25) is 0 Å². The molecule has 0 bridgehead atoms. The summed E-state index contributed by atoms with van der Waals surface area (Å²) in [5.74, 6) is 0.747. The van der Waals surface area contributed by atoms with E-state index in [9.17, 15) is 14.9 Å². The normalized spacial score (nSPS) is 11.9. The number of carbonyl (C=O) groups is 1. The number of benzene rings is 3. The van der Waals surface area contributed by atoms with Crippen LogP contribution in [0.15, 0.2) is 54.6 Å². The lowest BCUT2D eigenvalue weighted by molar-refractivity contribution is -0.385. The number of hydrogen-bond donors (Lipinski definition) is 1. The molecule has 0 saturated carbocycles. The summed E-state index contributed by atoms with van der Waals surface area (Å²) >= 11 is 0. The molecule has 1 heterocycles. The van der Waals surface area contributed by atoms with Crippen LogP contribution >= 0.6 is 0 Å². The molecule has 4 rings (SSSR count). The second-order valence-electron chi connectivity index (χ2n) is 7.92. The molecule has 0 aromatic heterocycles. The third-order valence-corrected chi connectivity index (χ3v) is 5.70. The zero-order valence-corrected chi connectivity index (χ0v) is 19.5. The lowest BCUT2D eigenvalue weighted by Gasteiger charge is -2.13. The number of fused-ring (bicyclic) bond motifs is 1. The van der Waals surface area contributed by atoms with E-state index in [2.05, 4.69) is 11.4 Å². The largest absolute Gasteiger partial charge is 0.493 e. The maximum Gasteiger partial charge on any atom is 0.286 e. The van der Waals surface area contributed by atoms with Crippen LogP contribution in [0.4, 0.5) is 5.69 Å². The van der Waals surface area contributed by atoms with Crippen LogP contribution in [-0.2, 0) is 17.7 Å². The summed E-state index contributed by atoms with van der Waals surface area (Å²) in [7, 11) is 2.92. The second kappa shape index (κ2) is 10.9. The molecule has 0 fully saturated rings. The van der Waals surface area contributed by atoms with Crippen molar-refractivity contribution in [3.05, 3.63) is 81.4 Å². The van der Waals surface area contributed by atoms with Gasteiger partial charge in [-0.1, -0.05) is 30.3 Å². The molecule has 0 radical (unpaired) electrons. The minimum Gasteiger partial charge on any atom is -0.493 e. The highest BCUT2D eigenvalue weighted by atomic mass is 16.6. The summed E-state index contributed by atoms with van der Waals surface area (Å²) < 4.78 is 21.3. The van der Waals surface area contributed by atoms with Crippen LogP contribution in [0.5, 0.6) is 17.2 Å². The van der Waals surface area contributed by atoms with Gasteiger partial charge in [0, 0.05) is 26.1 Å². The average molecular weight is 479 g/mol. The summed E-state index contributed by atoms with van der Waals surface area (Å²) in [6, 6.07) is 16.5. The molecule has 9 heteroatoms. The van der Waals surface area contributed by atoms with E-state index in [1.165, 1.54) is 31.9 Å². The Labute approximate surface area is 202 Å². The average Bonchev–Trinajstić information content (AvgIpc) is 3.35. The Morgan fingerprint density at radius 3 is 2.51 bits per heavy atom. The first-order chi connectivity index (χ1) is 17.0. The van der Waals surface area contributed by atoms with Crippen molar-refractivity contribution in [2.24, 2.45) is 0 Å². The van der Waals surface area contributed by atoms with Gasteiger partial charge >= 0.3 is 0 Å². The van der Waals surface area contributed by atoms with Crippen LogP contribution in [0, 0.1) is 10.1 Å². The van der Waals surface area contributed by atoms with Crippen molar-refractivity contribution < 1.29 is 28.7 Å². The first-order valence-corrected chi connectivity index (χ1v) is 11.1. The third kappa shape index (κ3) is 5.52. The molecule has 35 heavy (non-hydrogen) atoms. The highest BCUT2D eigenvalue weighted by Crippen LogP contribution is 2.35. The molecular formula is C26H26N2O7. The minimum absolute atomic E-state index is 0.108. The number of nitrogens with zero attached hydrogens (tertiary/aromatic N) is 1. The molecule has 3 aromatic rings. The Morgan fingerprint density at radius 2 is 1.80 bits per heavy atom. The van der Waals surface area contributed by atoms with E-state index in [0.717, 1.165) is 28.9 Å². The smallest absolute Gasteiger partial charge is 0.286 e. The SMILES string of the molecule is COCCOc1cc([N+](=O)[O-])c(C(=O)NCc2ccc(-c3ccc4c(c3)CCO4)cc2)cc1OC. The van der Waals surface area contributed by atoms with Crippen molar-refractivity contribution in [2.75, 3.05) is 34.0 Å². The lowest BCUT2D eigenvalue weighted by atomic mass is 10.0. The fourth-order valence-corrected chi connectivity index (χ4v) is 3.85. The molecular weight excluding hydrogens is 452 g/mol. The summed E-state index contributed by atoms with van der Waals surface area (Å²) in [4.78, 5) is 23.8. The maximum atomic E-state index is 12.8. The van der Waals surface area contributed by atoms with Crippen LogP contribution in [0.25, 0.3) is 11.1 Å². The number of nitro benzene ring substituents is 1. The summed E-state index contributed by atoms with van der Waals surface area (Å²) in [5.41, 5.74) is 3.74. The predicted molar refractivity (Wildman–Crippen MR) is 129 cm³/mol. The van der Waals surface area contributed by atoms with Gasteiger partial charge in [0.2, 0.25) is 0 Å². The number of carbonyl (C=O) groups excluding carboxylic acids is 1. The number of hydrogen-bond acceptors (Lipinski definition) is 7. The van der Waals surface area contributed by atoms with Crippen molar-refractivity contribution in [3.63, 3.8) is 0 Å². The van der Waals surface area contributed by atoms with Crippen LogP contribution in [0.1, 0.15) is 21.5 Å². The van der Waals surface area contributed by atoms with E-state index in [0.29, 0.717) is 13.2 Å². The van der Waals surface area contributed by atoms with E-state index >= 15 is 0 Å². The quantitative estimate of drug-likeness (QED) is 0.265.